The highest BCUT2D eigenvalue weighted by Crippen LogP contribution is 2.31. The Labute approximate surface area is 183 Å². The van der Waals surface area contributed by atoms with Crippen LogP contribution in [0, 0.1) is 6.92 Å². The number of amides is 2. The van der Waals surface area contributed by atoms with Crippen molar-refractivity contribution in [3.63, 3.8) is 0 Å². The molecule has 0 bridgehead atoms. The predicted octanol–water partition coefficient (Wildman–Crippen LogP) is 2.21. The summed E-state index contributed by atoms with van der Waals surface area (Å²) in [5.74, 6) is 0.395. The van der Waals surface area contributed by atoms with Crippen LogP contribution < -0.4 is 10.1 Å². The lowest BCUT2D eigenvalue weighted by Gasteiger charge is -2.11. The van der Waals surface area contributed by atoms with E-state index < -0.39 is 0 Å². The number of hydrogen-bond donors (Lipinski definition) is 1. The molecule has 0 radical (unpaired) electrons. The van der Waals surface area contributed by atoms with Crippen molar-refractivity contribution in [2.24, 2.45) is 7.05 Å². The fraction of sp³-hybridized carbons (Fsp3) is 0.190. The number of hydrogen-bond acceptors (Lipinski definition) is 8. The summed E-state index contributed by atoms with van der Waals surface area (Å²) in [5.41, 5.74) is 1.65. The molecule has 11 heteroatoms. The molecule has 3 aromatic heterocycles. The third-order valence-electron chi connectivity index (χ3n) is 4.44. The minimum Gasteiger partial charge on any atom is -0.453 e. The minimum atomic E-state index is -0.385. The molecule has 1 N–H and O–H groups in total. The molecule has 32 heavy (non-hydrogen) atoms. The van der Waals surface area contributed by atoms with Crippen molar-refractivity contribution in [3.05, 3.63) is 60.2 Å². The van der Waals surface area contributed by atoms with Crippen LogP contribution in [0.1, 0.15) is 26.7 Å². The fourth-order valence-corrected chi connectivity index (χ4v) is 2.88. The van der Waals surface area contributed by atoms with Crippen LogP contribution in [-0.2, 0) is 7.05 Å². The van der Waals surface area contributed by atoms with Gasteiger partial charge in [0.15, 0.2) is 11.6 Å². The second-order valence-electron chi connectivity index (χ2n) is 7.25. The topological polar surface area (TPSA) is 128 Å². The molecule has 0 saturated carbocycles. The summed E-state index contributed by atoms with van der Waals surface area (Å²) >= 11 is 0. The third-order valence-corrected chi connectivity index (χ3v) is 4.44. The first-order valence-corrected chi connectivity index (χ1v) is 9.59. The molecule has 3 heterocycles. The van der Waals surface area contributed by atoms with Crippen molar-refractivity contribution in [1.82, 2.24) is 34.6 Å². The summed E-state index contributed by atoms with van der Waals surface area (Å²) in [7, 11) is 5.01. The number of benzene rings is 1. The zero-order chi connectivity index (χ0) is 22.8. The number of carbonyl (C=O) groups excluding carboxylic acids is 2. The average molecular weight is 432 g/mol. The normalized spacial score (nSPS) is 10.8. The van der Waals surface area contributed by atoms with E-state index in [-0.39, 0.29) is 17.6 Å². The maximum atomic E-state index is 12.8. The predicted molar refractivity (Wildman–Crippen MR) is 116 cm³/mol. The van der Waals surface area contributed by atoms with Crippen molar-refractivity contribution < 1.29 is 14.3 Å². The Kier molecular flexibility index (Phi) is 5.46. The van der Waals surface area contributed by atoms with E-state index in [1.165, 1.54) is 23.5 Å². The number of fused-ring (bicyclic) bond motifs is 1. The van der Waals surface area contributed by atoms with Crippen LogP contribution >= 0.6 is 0 Å². The highest BCUT2D eigenvalue weighted by atomic mass is 16.5. The number of anilines is 1. The number of aromatic nitrogens is 6. The first kappa shape index (κ1) is 20.8. The quantitative estimate of drug-likeness (QED) is 0.508. The van der Waals surface area contributed by atoms with Crippen LogP contribution in [0.25, 0.3) is 10.9 Å². The van der Waals surface area contributed by atoms with E-state index >= 15 is 0 Å². The van der Waals surface area contributed by atoms with E-state index in [1.54, 1.807) is 50.4 Å². The number of carbonyl (C=O) groups is 2. The zero-order valence-corrected chi connectivity index (χ0v) is 17.9. The van der Waals surface area contributed by atoms with E-state index in [4.69, 9.17) is 4.74 Å². The molecule has 0 aliphatic rings. The molecule has 0 fully saturated rings. The van der Waals surface area contributed by atoms with Crippen LogP contribution in [0.2, 0.25) is 0 Å². The van der Waals surface area contributed by atoms with Gasteiger partial charge in [-0.1, -0.05) is 0 Å². The first-order valence-electron chi connectivity index (χ1n) is 9.59. The summed E-state index contributed by atoms with van der Waals surface area (Å²) in [5, 5.41) is 7.79. The van der Waals surface area contributed by atoms with Gasteiger partial charge in [-0.3, -0.25) is 19.3 Å². The largest absolute Gasteiger partial charge is 0.453 e. The van der Waals surface area contributed by atoms with Gasteiger partial charge in [-0.25, -0.2) is 15.0 Å². The molecule has 0 aliphatic carbocycles. The Morgan fingerprint density at radius 1 is 1.03 bits per heavy atom. The highest BCUT2D eigenvalue weighted by Gasteiger charge is 2.16. The molecule has 4 rings (SSSR count). The molecular formula is C21H20N8O3. The second kappa shape index (κ2) is 8.38. The first-order chi connectivity index (χ1) is 15.3. The van der Waals surface area contributed by atoms with E-state index in [1.807, 2.05) is 6.92 Å². The molecule has 0 spiro atoms. The lowest BCUT2D eigenvalue weighted by atomic mass is 10.1. The van der Waals surface area contributed by atoms with Gasteiger partial charge in [0.1, 0.15) is 5.75 Å². The number of nitrogens with one attached hydrogen (secondary N) is 1. The Balaban J connectivity index is 1.64. The highest BCUT2D eigenvalue weighted by molar-refractivity contribution is 6.06. The molecule has 0 unspecified atom stereocenters. The van der Waals surface area contributed by atoms with Gasteiger partial charge in [0.2, 0.25) is 5.82 Å². The summed E-state index contributed by atoms with van der Waals surface area (Å²) in [4.78, 5) is 42.5. The molecule has 0 atom stereocenters. The van der Waals surface area contributed by atoms with Gasteiger partial charge in [0, 0.05) is 32.9 Å². The van der Waals surface area contributed by atoms with Crippen molar-refractivity contribution in [3.8, 4) is 11.5 Å². The summed E-state index contributed by atoms with van der Waals surface area (Å²) < 4.78 is 7.57. The van der Waals surface area contributed by atoms with Gasteiger partial charge in [-0.15, -0.1) is 0 Å². The smallest absolute Gasteiger partial charge is 0.291 e. The van der Waals surface area contributed by atoms with Crippen LogP contribution in [0.4, 0.5) is 5.82 Å². The van der Waals surface area contributed by atoms with Crippen molar-refractivity contribution in [1.29, 1.82) is 0 Å². The number of rotatable bonds is 5. The van der Waals surface area contributed by atoms with E-state index in [0.717, 1.165) is 5.69 Å². The fourth-order valence-electron chi connectivity index (χ4n) is 2.88. The molecular weight excluding hydrogens is 412 g/mol. The second-order valence-corrected chi connectivity index (χ2v) is 7.25. The summed E-state index contributed by atoms with van der Waals surface area (Å²) in [6.45, 7) is 1.81. The molecule has 0 saturated heterocycles. The molecule has 4 aromatic rings. The molecule has 2 amide bonds. The van der Waals surface area contributed by atoms with E-state index in [0.29, 0.717) is 33.8 Å². The monoisotopic (exact) mass is 432 g/mol. The summed E-state index contributed by atoms with van der Waals surface area (Å²) in [6, 6.07) is 3.26. The lowest BCUT2D eigenvalue weighted by Crippen LogP contribution is -2.23. The van der Waals surface area contributed by atoms with Crippen LogP contribution in [0.5, 0.6) is 11.5 Å². The Morgan fingerprint density at radius 3 is 2.44 bits per heavy atom. The number of ether oxygens (including phenoxy) is 1. The van der Waals surface area contributed by atoms with Gasteiger partial charge < -0.3 is 15.0 Å². The van der Waals surface area contributed by atoms with E-state index in [2.05, 4.69) is 30.4 Å². The molecule has 11 nitrogen and oxygen atoms in total. The molecule has 0 aliphatic heterocycles. The number of aryl methyl sites for hydroxylation is 2. The summed E-state index contributed by atoms with van der Waals surface area (Å²) in [6.07, 6.45) is 7.64. The molecule has 1 aromatic carbocycles. The Hall–Kier alpha value is -4.41. The molecule has 162 valence electrons. The van der Waals surface area contributed by atoms with Crippen LogP contribution in [0.15, 0.2) is 43.1 Å². The van der Waals surface area contributed by atoms with Crippen molar-refractivity contribution >= 4 is 28.5 Å². The Morgan fingerprint density at radius 2 is 1.78 bits per heavy atom. The maximum Gasteiger partial charge on any atom is 0.291 e. The van der Waals surface area contributed by atoms with Gasteiger partial charge in [0.25, 0.3) is 11.8 Å². The lowest BCUT2D eigenvalue weighted by molar-refractivity contribution is 0.0815. The van der Waals surface area contributed by atoms with Gasteiger partial charge in [-0.05, 0) is 19.1 Å². The van der Waals surface area contributed by atoms with Crippen LogP contribution in [0.3, 0.4) is 0 Å². The van der Waals surface area contributed by atoms with Gasteiger partial charge in [0.05, 0.1) is 41.4 Å². The minimum absolute atomic E-state index is 0.0567. The van der Waals surface area contributed by atoms with Crippen molar-refractivity contribution in [2.75, 3.05) is 19.4 Å². The third kappa shape index (κ3) is 4.36. The standard InChI is InChI=1S/C21H20N8O3/c1-12-7-23-18(10-22-12)26-20(30)13-5-16-15(11-29(4)27-16)17(6-13)32-14-8-24-19(25-9-14)21(31)28(2)3/h5-11H,1-4H3,(H,23,26,30). The zero-order valence-electron chi connectivity index (χ0n) is 17.9. The van der Waals surface area contributed by atoms with Gasteiger partial charge in [-0.2, -0.15) is 5.10 Å². The number of nitrogens with zero attached hydrogens (tertiary/aromatic N) is 7. The van der Waals surface area contributed by atoms with E-state index in [9.17, 15) is 9.59 Å². The van der Waals surface area contributed by atoms with Crippen molar-refractivity contribution in [2.45, 2.75) is 6.92 Å². The maximum absolute atomic E-state index is 12.8. The van der Waals surface area contributed by atoms with Gasteiger partial charge >= 0.3 is 0 Å². The van der Waals surface area contributed by atoms with Crippen LogP contribution in [-0.4, -0.2) is 60.5 Å². The average Bonchev–Trinajstić information content (AvgIpc) is 3.15. The Bertz CT molecular complexity index is 1300. The SMILES string of the molecule is Cc1cnc(NC(=O)c2cc(Oc3cnc(C(=O)N(C)C)nc3)c3cn(C)nc3c2)cn1.